The fraction of sp³-hybridized carbons (Fsp3) is 0.286. The lowest BCUT2D eigenvalue weighted by Gasteiger charge is -2.30. The molecule has 0 aromatic heterocycles. The summed E-state index contributed by atoms with van der Waals surface area (Å²) in [7, 11) is -3.69. The zero-order valence-electron chi connectivity index (χ0n) is 15.9. The highest BCUT2D eigenvalue weighted by Gasteiger charge is 2.32. The molecule has 0 bridgehead atoms. The summed E-state index contributed by atoms with van der Waals surface area (Å²) >= 11 is 0. The summed E-state index contributed by atoms with van der Waals surface area (Å²) in [6.07, 6.45) is 2.47. The third-order valence-corrected chi connectivity index (χ3v) is 6.66. The molecule has 0 radical (unpaired) electrons. The summed E-state index contributed by atoms with van der Waals surface area (Å²) in [5, 5.41) is 2.87. The van der Waals surface area contributed by atoms with Crippen molar-refractivity contribution in [2.75, 3.05) is 25.0 Å². The molecule has 0 aliphatic carbocycles. The van der Waals surface area contributed by atoms with Crippen molar-refractivity contribution < 1.29 is 22.3 Å². The molecule has 1 aliphatic rings. The number of anilines is 1. The van der Waals surface area contributed by atoms with E-state index in [1.54, 1.807) is 30.3 Å². The minimum absolute atomic E-state index is 0.0538. The summed E-state index contributed by atoms with van der Waals surface area (Å²) in [5.74, 6) is -0.293. The molecule has 1 aliphatic heterocycles. The number of hydrogen-bond acceptors (Lipinski definition) is 4. The zero-order valence-corrected chi connectivity index (χ0v) is 16.7. The van der Waals surface area contributed by atoms with Crippen molar-refractivity contribution in [3.63, 3.8) is 0 Å². The Bertz CT molecular complexity index is 968. The Balaban J connectivity index is 1.58. The van der Waals surface area contributed by atoms with Crippen LogP contribution < -0.4 is 10.1 Å². The number of carbonyl (C=O) groups is 1. The molecule has 0 spiro atoms. The summed E-state index contributed by atoms with van der Waals surface area (Å²) in [6.45, 7) is 4.44. The van der Waals surface area contributed by atoms with Crippen LogP contribution in [0.15, 0.2) is 66.1 Å². The van der Waals surface area contributed by atoms with Crippen molar-refractivity contribution in [1.82, 2.24) is 4.31 Å². The van der Waals surface area contributed by atoms with E-state index in [-0.39, 0.29) is 29.8 Å². The van der Waals surface area contributed by atoms with Crippen LogP contribution in [0.4, 0.5) is 10.1 Å². The molecule has 3 rings (SSSR count). The van der Waals surface area contributed by atoms with Gasteiger partial charge in [-0.05, 0) is 49.2 Å². The van der Waals surface area contributed by atoms with E-state index < -0.39 is 15.8 Å². The lowest BCUT2D eigenvalue weighted by Crippen LogP contribution is -2.41. The first-order chi connectivity index (χ1) is 13.9. The van der Waals surface area contributed by atoms with Gasteiger partial charge in [0.05, 0.1) is 4.90 Å². The third kappa shape index (κ3) is 5.21. The van der Waals surface area contributed by atoms with Crippen LogP contribution in [-0.4, -0.2) is 38.3 Å². The van der Waals surface area contributed by atoms with Crippen molar-refractivity contribution in [2.24, 2.45) is 5.92 Å². The number of nitrogens with one attached hydrogen (secondary N) is 1. The summed E-state index contributed by atoms with van der Waals surface area (Å²) < 4.78 is 45.2. The molecule has 29 heavy (non-hydrogen) atoms. The second-order valence-corrected chi connectivity index (χ2v) is 8.69. The average molecular weight is 418 g/mol. The number of halogens is 1. The van der Waals surface area contributed by atoms with E-state index >= 15 is 0 Å². The molecule has 0 atom stereocenters. The average Bonchev–Trinajstić information content (AvgIpc) is 2.73. The largest absolute Gasteiger partial charge is 0.489 e. The van der Waals surface area contributed by atoms with Gasteiger partial charge in [-0.15, -0.1) is 0 Å². The van der Waals surface area contributed by atoms with E-state index in [0.717, 1.165) is 12.1 Å². The van der Waals surface area contributed by atoms with Gasteiger partial charge in [0.1, 0.15) is 18.2 Å². The Labute approximate surface area is 170 Å². The quantitative estimate of drug-likeness (QED) is 0.699. The van der Waals surface area contributed by atoms with Crippen LogP contribution in [0.5, 0.6) is 5.75 Å². The molecule has 154 valence electrons. The second kappa shape index (κ2) is 9.19. The van der Waals surface area contributed by atoms with Gasteiger partial charge < -0.3 is 10.1 Å². The van der Waals surface area contributed by atoms with Crippen molar-refractivity contribution >= 4 is 21.6 Å². The number of carbonyl (C=O) groups excluding carboxylic acids is 1. The summed E-state index contributed by atoms with van der Waals surface area (Å²) in [6, 6.07) is 11.8. The molecule has 1 N–H and O–H groups in total. The molecule has 1 heterocycles. The monoisotopic (exact) mass is 418 g/mol. The van der Waals surface area contributed by atoms with Crippen molar-refractivity contribution in [1.29, 1.82) is 0 Å². The third-order valence-electron chi connectivity index (χ3n) is 4.75. The van der Waals surface area contributed by atoms with Gasteiger partial charge in [-0.2, -0.15) is 4.31 Å². The number of amides is 1. The molecule has 0 saturated carbocycles. The molecule has 2 aromatic rings. The smallest absolute Gasteiger partial charge is 0.243 e. The van der Waals surface area contributed by atoms with Gasteiger partial charge in [0.25, 0.3) is 0 Å². The topological polar surface area (TPSA) is 75.7 Å². The molecule has 1 fully saturated rings. The van der Waals surface area contributed by atoms with Gasteiger partial charge in [-0.1, -0.05) is 18.7 Å². The van der Waals surface area contributed by atoms with Gasteiger partial charge in [-0.25, -0.2) is 12.8 Å². The van der Waals surface area contributed by atoms with E-state index in [4.69, 9.17) is 4.74 Å². The normalized spacial score (nSPS) is 15.6. The number of benzene rings is 2. The molecule has 1 amide bonds. The van der Waals surface area contributed by atoms with Crippen LogP contribution in [0.2, 0.25) is 0 Å². The maximum atomic E-state index is 13.1. The molecule has 2 aromatic carbocycles. The van der Waals surface area contributed by atoms with Crippen LogP contribution in [0, 0.1) is 11.7 Å². The van der Waals surface area contributed by atoms with E-state index in [2.05, 4.69) is 11.9 Å². The fourth-order valence-corrected chi connectivity index (χ4v) is 4.65. The SMILES string of the molecule is C=CCOc1cccc(NC(=O)C2CCN(S(=O)(=O)c3ccc(F)cc3)CC2)c1. The number of piperidine rings is 1. The first kappa shape index (κ1) is 21.0. The number of ether oxygens (including phenoxy) is 1. The Kier molecular flexibility index (Phi) is 6.66. The van der Waals surface area contributed by atoms with Crippen LogP contribution in [0.3, 0.4) is 0 Å². The van der Waals surface area contributed by atoms with Crippen molar-refractivity contribution in [3.05, 3.63) is 67.0 Å². The Morgan fingerprint density at radius 2 is 1.90 bits per heavy atom. The number of nitrogens with zero attached hydrogens (tertiary/aromatic N) is 1. The minimum Gasteiger partial charge on any atom is -0.489 e. The number of hydrogen-bond donors (Lipinski definition) is 1. The van der Waals surface area contributed by atoms with E-state index in [1.165, 1.54) is 16.4 Å². The summed E-state index contributed by atoms with van der Waals surface area (Å²) in [4.78, 5) is 12.6. The molecular formula is C21H23FN2O4S. The second-order valence-electron chi connectivity index (χ2n) is 6.75. The highest BCUT2D eigenvalue weighted by atomic mass is 32.2. The maximum Gasteiger partial charge on any atom is 0.243 e. The van der Waals surface area contributed by atoms with Gasteiger partial charge >= 0.3 is 0 Å². The fourth-order valence-electron chi connectivity index (χ4n) is 3.18. The Morgan fingerprint density at radius 3 is 2.55 bits per heavy atom. The Morgan fingerprint density at radius 1 is 1.21 bits per heavy atom. The zero-order chi connectivity index (χ0) is 20.9. The van der Waals surface area contributed by atoms with Gasteiger partial charge in [0.15, 0.2) is 0 Å². The lowest BCUT2D eigenvalue weighted by molar-refractivity contribution is -0.120. The predicted octanol–water partition coefficient (Wildman–Crippen LogP) is 3.43. The first-order valence-corrected chi connectivity index (χ1v) is 10.7. The maximum absolute atomic E-state index is 13.1. The molecule has 1 saturated heterocycles. The summed E-state index contributed by atoms with van der Waals surface area (Å²) in [5.41, 5.74) is 0.623. The van der Waals surface area contributed by atoms with Crippen molar-refractivity contribution in [2.45, 2.75) is 17.7 Å². The lowest BCUT2D eigenvalue weighted by atomic mass is 9.97. The van der Waals surface area contributed by atoms with Gasteiger partial charge in [0.2, 0.25) is 15.9 Å². The highest BCUT2D eigenvalue weighted by molar-refractivity contribution is 7.89. The van der Waals surface area contributed by atoms with Crippen LogP contribution in [0.25, 0.3) is 0 Å². The van der Waals surface area contributed by atoms with Crippen molar-refractivity contribution in [3.8, 4) is 5.75 Å². The predicted molar refractivity (Wildman–Crippen MR) is 109 cm³/mol. The molecule has 8 heteroatoms. The van der Waals surface area contributed by atoms with E-state index in [9.17, 15) is 17.6 Å². The molecule has 0 unspecified atom stereocenters. The molecular weight excluding hydrogens is 395 g/mol. The van der Waals surface area contributed by atoms with Crippen LogP contribution in [0.1, 0.15) is 12.8 Å². The van der Waals surface area contributed by atoms with E-state index in [0.29, 0.717) is 30.9 Å². The van der Waals surface area contributed by atoms with E-state index in [1.807, 2.05) is 0 Å². The van der Waals surface area contributed by atoms with Gasteiger partial charge in [-0.3, -0.25) is 4.79 Å². The highest BCUT2D eigenvalue weighted by Crippen LogP contribution is 2.26. The standard InChI is InChI=1S/C21H23FN2O4S/c1-2-14-28-19-5-3-4-18(15-19)23-21(25)16-10-12-24(13-11-16)29(26,27)20-8-6-17(22)7-9-20/h2-9,15-16H,1,10-14H2,(H,23,25). The molecule has 6 nitrogen and oxygen atoms in total. The van der Waals surface area contributed by atoms with Crippen LogP contribution >= 0.6 is 0 Å². The van der Waals surface area contributed by atoms with Crippen LogP contribution in [-0.2, 0) is 14.8 Å². The minimum atomic E-state index is -3.69. The first-order valence-electron chi connectivity index (χ1n) is 9.30. The van der Waals surface area contributed by atoms with Gasteiger partial charge in [0, 0.05) is 30.8 Å². The number of sulfonamides is 1. The Hall–Kier alpha value is -2.71. The number of rotatable bonds is 7.